The number of nitrogens with zero attached hydrogens (tertiary/aromatic N) is 3. The number of allylic oxidation sites excluding steroid dienone is 1. The van der Waals surface area contributed by atoms with Crippen LogP contribution in [0.3, 0.4) is 0 Å². The fourth-order valence-electron chi connectivity index (χ4n) is 4.91. The number of carbonyl (C=O) groups excluding carboxylic acids is 2. The van der Waals surface area contributed by atoms with Crippen molar-refractivity contribution >= 4 is 23.2 Å². The molecule has 24 heavy (non-hydrogen) atoms. The van der Waals surface area contributed by atoms with Crippen LogP contribution in [0.4, 0.5) is 5.95 Å². The zero-order valence-electron chi connectivity index (χ0n) is 14.8. The van der Waals surface area contributed by atoms with Gasteiger partial charge in [0.15, 0.2) is 5.78 Å². The second-order valence-electron chi connectivity index (χ2n) is 9.20. The molecule has 1 atom stereocenters. The topological polar surface area (TPSA) is 76.9 Å². The normalized spacial score (nSPS) is 30.8. The van der Waals surface area contributed by atoms with Crippen LogP contribution >= 0.6 is 0 Å². The van der Waals surface area contributed by atoms with Crippen LogP contribution in [0, 0.1) is 10.8 Å². The minimum atomic E-state index is -0.509. The number of carbonyl (C=O) groups is 2. The van der Waals surface area contributed by atoms with E-state index in [-0.39, 0.29) is 22.4 Å². The number of ketones is 2. The molecule has 1 aromatic rings. The first-order valence-electron chi connectivity index (χ1n) is 8.58. The predicted molar refractivity (Wildman–Crippen MR) is 90.3 cm³/mol. The van der Waals surface area contributed by atoms with Crippen molar-refractivity contribution in [1.29, 1.82) is 0 Å². The molecule has 6 nitrogen and oxygen atoms in total. The molecule has 2 heterocycles. The van der Waals surface area contributed by atoms with Gasteiger partial charge < -0.3 is 5.32 Å². The van der Waals surface area contributed by atoms with E-state index in [9.17, 15) is 9.59 Å². The van der Waals surface area contributed by atoms with Crippen LogP contribution in [0.2, 0.25) is 0 Å². The molecule has 0 unspecified atom stereocenters. The maximum atomic E-state index is 12.9. The summed E-state index contributed by atoms with van der Waals surface area (Å²) in [6, 6.07) is 0. The first-order valence-corrected chi connectivity index (χ1v) is 8.58. The van der Waals surface area contributed by atoms with E-state index < -0.39 is 5.54 Å². The van der Waals surface area contributed by atoms with Crippen LogP contribution in [0.15, 0.2) is 11.9 Å². The summed E-state index contributed by atoms with van der Waals surface area (Å²) in [4.78, 5) is 29.7. The van der Waals surface area contributed by atoms with E-state index in [0.717, 1.165) is 18.4 Å². The SMILES string of the molecule is CC1(C)CC(=O)C2=C(C1)[C@@]1(CC(=O)CC(C)(C)C1)Nc1ncnn12. The first-order chi connectivity index (χ1) is 11.1. The maximum Gasteiger partial charge on any atom is 0.226 e. The minimum absolute atomic E-state index is 0.102. The zero-order chi connectivity index (χ0) is 17.3. The van der Waals surface area contributed by atoms with Gasteiger partial charge in [-0.3, -0.25) is 9.59 Å². The van der Waals surface area contributed by atoms with E-state index in [1.165, 1.54) is 6.33 Å². The van der Waals surface area contributed by atoms with Gasteiger partial charge in [0.1, 0.15) is 17.8 Å². The lowest BCUT2D eigenvalue weighted by molar-refractivity contribution is -0.125. The highest BCUT2D eigenvalue weighted by molar-refractivity contribution is 6.18. The molecule has 128 valence electrons. The van der Waals surface area contributed by atoms with Gasteiger partial charge in [0, 0.05) is 19.3 Å². The molecule has 1 fully saturated rings. The van der Waals surface area contributed by atoms with Crippen molar-refractivity contribution in [2.24, 2.45) is 10.8 Å². The van der Waals surface area contributed by atoms with Crippen LogP contribution in [0.5, 0.6) is 0 Å². The van der Waals surface area contributed by atoms with Crippen molar-refractivity contribution < 1.29 is 9.59 Å². The van der Waals surface area contributed by atoms with Crippen LogP contribution in [0.25, 0.3) is 5.70 Å². The van der Waals surface area contributed by atoms with Gasteiger partial charge in [-0.2, -0.15) is 14.8 Å². The summed E-state index contributed by atoms with van der Waals surface area (Å²) >= 11 is 0. The lowest BCUT2D eigenvalue weighted by atomic mass is 9.60. The summed E-state index contributed by atoms with van der Waals surface area (Å²) in [6.07, 6.45) is 4.59. The standard InChI is InChI=1S/C18H24N4O2/c1-16(2)7-12-14(13(24)8-16)22-15(19-10-20-22)21-18(12)6-11(23)5-17(3,4)9-18/h10H,5-9H2,1-4H3,(H,19,20,21)/t18-/m0/s1. The number of anilines is 1. The summed E-state index contributed by atoms with van der Waals surface area (Å²) in [6.45, 7) is 8.50. The third kappa shape index (κ3) is 2.23. The van der Waals surface area contributed by atoms with Gasteiger partial charge in [-0.25, -0.2) is 0 Å². The van der Waals surface area contributed by atoms with E-state index in [0.29, 0.717) is 30.9 Å². The summed E-state index contributed by atoms with van der Waals surface area (Å²) in [5, 5.41) is 7.75. The Morgan fingerprint density at radius 3 is 2.50 bits per heavy atom. The molecule has 1 spiro atoms. The monoisotopic (exact) mass is 328 g/mol. The number of hydrogen-bond acceptors (Lipinski definition) is 5. The number of hydrogen-bond donors (Lipinski definition) is 1. The van der Waals surface area contributed by atoms with E-state index in [1.54, 1.807) is 4.68 Å². The first kappa shape index (κ1) is 15.5. The molecule has 4 rings (SSSR count). The highest BCUT2D eigenvalue weighted by Gasteiger charge is 2.53. The highest BCUT2D eigenvalue weighted by atomic mass is 16.1. The van der Waals surface area contributed by atoms with E-state index in [2.05, 4.69) is 43.1 Å². The molecule has 6 heteroatoms. The molecule has 1 N–H and O–H groups in total. The number of nitrogens with one attached hydrogen (secondary N) is 1. The fraction of sp³-hybridized carbons (Fsp3) is 0.667. The summed E-state index contributed by atoms with van der Waals surface area (Å²) < 4.78 is 1.63. The van der Waals surface area contributed by atoms with Crippen LogP contribution < -0.4 is 5.32 Å². The number of aromatic nitrogens is 3. The molecule has 3 aliphatic rings. The quantitative estimate of drug-likeness (QED) is 0.792. The fourth-order valence-corrected chi connectivity index (χ4v) is 4.91. The van der Waals surface area contributed by atoms with Crippen molar-refractivity contribution in [3.8, 4) is 0 Å². The molecular formula is C18H24N4O2. The minimum Gasteiger partial charge on any atom is -0.344 e. The Kier molecular flexibility index (Phi) is 2.95. The Hall–Kier alpha value is -1.98. The maximum absolute atomic E-state index is 12.9. The average Bonchev–Trinajstić information content (AvgIpc) is 2.82. The van der Waals surface area contributed by atoms with Gasteiger partial charge in [0.25, 0.3) is 0 Å². The predicted octanol–water partition coefficient (Wildman–Crippen LogP) is 2.82. The van der Waals surface area contributed by atoms with Crippen molar-refractivity contribution in [3.05, 3.63) is 11.9 Å². The average molecular weight is 328 g/mol. The Morgan fingerprint density at radius 2 is 1.79 bits per heavy atom. The van der Waals surface area contributed by atoms with Gasteiger partial charge in [-0.1, -0.05) is 27.7 Å². The zero-order valence-corrected chi connectivity index (χ0v) is 14.8. The smallest absolute Gasteiger partial charge is 0.226 e. The van der Waals surface area contributed by atoms with Gasteiger partial charge >= 0.3 is 0 Å². The Balaban J connectivity index is 1.94. The van der Waals surface area contributed by atoms with Crippen LogP contribution in [-0.4, -0.2) is 31.9 Å². The molecule has 2 aliphatic carbocycles. The van der Waals surface area contributed by atoms with Crippen molar-refractivity contribution in [1.82, 2.24) is 14.8 Å². The summed E-state index contributed by atoms with van der Waals surface area (Å²) in [5.41, 5.74) is 0.972. The molecule has 0 saturated heterocycles. The molecule has 1 aromatic heterocycles. The second kappa shape index (κ2) is 4.55. The molecule has 0 bridgehead atoms. The van der Waals surface area contributed by atoms with Gasteiger partial charge in [0.2, 0.25) is 5.95 Å². The largest absolute Gasteiger partial charge is 0.344 e. The summed E-state index contributed by atoms with van der Waals surface area (Å²) in [7, 11) is 0. The molecule has 0 radical (unpaired) electrons. The van der Waals surface area contributed by atoms with Crippen molar-refractivity contribution in [3.63, 3.8) is 0 Å². The van der Waals surface area contributed by atoms with Gasteiger partial charge in [-0.05, 0) is 29.2 Å². The third-order valence-corrected chi connectivity index (χ3v) is 5.49. The van der Waals surface area contributed by atoms with E-state index in [1.807, 2.05) is 0 Å². The van der Waals surface area contributed by atoms with Gasteiger partial charge in [0.05, 0.1) is 5.54 Å². The lowest BCUT2D eigenvalue weighted by Crippen LogP contribution is -2.55. The molecule has 1 aliphatic heterocycles. The van der Waals surface area contributed by atoms with E-state index in [4.69, 9.17) is 0 Å². The van der Waals surface area contributed by atoms with Crippen LogP contribution in [-0.2, 0) is 9.59 Å². The Bertz CT molecular complexity index is 787. The molecule has 0 aromatic carbocycles. The second-order valence-corrected chi connectivity index (χ2v) is 9.20. The molecule has 0 amide bonds. The Labute approximate surface area is 141 Å². The van der Waals surface area contributed by atoms with Crippen molar-refractivity contribution in [2.45, 2.75) is 65.3 Å². The van der Waals surface area contributed by atoms with Crippen LogP contribution in [0.1, 0.15) is 59.8 Å². The summed E-state index contributed by atoms with van der Waals surface area (Å²) in [5.74, 6) is 0.923. The molecule has 1 saturated carbocycles. The van der Waals surface area contributed by atoms with Gasteiger partial charge in [-0.15, -0.1) is 0 Å². The Morgan fingerprint density at radius 1 is 1.04 bits per heavy atom. The molecular weight excluding hydrogens is 304 g/mol. The number of fused-ring (bicyclic) bond motifs is 3. The number of rotatable bonds is 0. The lowest BCUT2D eigenvalue weighted by Gasteiger charge is -2.51. The van der Waals surface area contributed by atoms with E-state index >= 15 is 0 Å². The third-order valence-electron chi connectivity index (χ3n) is 5.49. The van der Waals surface area contributed by atoms with Crippen molar-refractivity contribution in [2.75, 3.05) is 5.32 Å². The number of Topliss-reactive ketones (excluding diaryl/α,β-unsaturated/α-hetero) is 2. The highest BCUT2D eigenvalue weighted by Crippen LogP contribution is 2.53.